The molecule has 0 heterocycles. The van der Waals surface area contributed by atoms with Gasteiger partial charge in [-0.05, 0) is 43.4 Å². The van der Waals surface area contributed by atoms with E-state index in [-0.39, 0.29) is 5.56 Å². The molecular weight excluding hydrogens is 195 g/mol. The second-order valence-corrected chi connectivity index (χ2v) is 4.05. The van der Waals surface area contributed by atoms with Gasteiger partial charge in [0.2, 0.25) is 0 Å². The molecule has 1 aliphatic rings. The number of carboxylic acid groups (broad SMARTS) is 1. The Labute approximate surface area is 87.7 Å². The Morgan fingerprint density at radius 3 is 2.20 bits per heavy atom. The van der Waals surface area contributed by atoms with E-state index in [1.165, 1.54) is 12.1 Å². The van der Waals surface area contributed by atoms with Crippen molar-refractivity contribution in [2.45, 2.75) is 31.4 Å². The molecule has 0 unspecified atom stereocenters. The normalized spacial score (nSPS) is 19.0. The molecule has 2 nitrogen and oxygen atoms in total. The lowest BCUT2D eigenvalue weighted by atomic mass is 9.93. The molecule has 1 N–H and O–H groups in total. The zero-order valence-corrected chi connectivity index (χ0v) is 8.37. The molecular formula is C12H13FO2. The zero-order valence-electron chi connectivity index (χ0n) is 8.37. The van der Waals surface area contributed by atoms with Gasteiger partial charge in [-0.2, -0.15) is 0 Å². The maximum atomic E-state index is 14.2. The van der Waals surface area contributed by atoms with Crippen LogP contribution in [0.1, 0.15) is 41.6 Å². The van der Waals surface area contributed by atoms with Crippen LogP contribution in [0.15, 0.2) is 24.3 Å². The third-order valence-corrected chi connectivity index (χ3v) is 3.05. The fraction of sp³-hybridized carbons (Fsp3) is 0.417. The topological polar surface area (TPSA) is 37.3 Å². The van der Waals surface area contributed by atoms with Crippen LogP contribution in [0.2, 0.25) is 0 Å². The first kappa shape index (κ1) is 10.1. The lowest BCUT2D eigenvalue weighted by Gasteiger charge is -2.19. The lowest BCUT2D eigenvalue weighted by molar-refractivity contribution is 0.0696. The van der Waals surface area contributed by atoms with Gasteiger partial charge in [-0.1, -0.05) is 12.1 Å². The summed E-state index contributed by atoms with van der Waals surface area (Å²) in [6.45, 7) is 0. The van der Waals surface area contributed by atoms with Crippen molar-refractivity contribution in [2.24, 2.45) is 0 Å². The standard InChI is InChI=1S/C12H13FO2/c13-12(7-1-2-8-12)10-5-3-9(4-6-10)11(14)15/h3-6H,1-2,7-8H2,(H,14,15). The van der Waals surface area contributed by atoms with Crippen molar-refractivity contribution in [2.75, 3.05) is 0 Å². The second kappa shape index (κ2) is 3.65. The van der Waals surface area contributed by atoms with Crippen LogP contribution in [0.25, 0.3) is 0 Å². The molecule has 0 aliphatic heterocycles. The molecule has 0 aromatic heterocycles. The fourth-order valence-electron chi connectivity index (χ4n) is 2.14. The highest BCUT2D eigenvalue weighted by Crippen LogP contribution is 2.42. The maximum Gasteiger partial charge on any atom is 0.335 e. The van der Waals surface area contributed by atoms with Crippen molar-refractivity contribution < 1.29 is 14.3 Å². The minimum Gasteiger partial charge on any atom is -0.478 e. The van der Waals surface area contributed by atoms with Gasteiger partial charge in [0.1, 0.15) is 5.67 Å². The summed E-state index contributed by atoms with van der Waals surface area (Å²) in [6.07, 6.45) is 2.94. The first-order chi connectivity index (χ1) is 7.12. The highest BCUT2D eigenvalue weighted by atomic mass is 19.1. The summed E-state index contributed by atoms with van der Waals surface area (Å²) in [6, 6.07) is 6.12. The van der Waals surface area contributed by atoms with Crippen LogP contribution in [-0.2, 0) is 5.67 Å². The van der Waals surface area contributed by atoms with Gasteiger partial charge in [0, 0.05) is 0 Å². The van der Waals surface area contributed by atoms with Crippen LogP contribution in [0.3, 0.4) is 0 Å². The molecule has 2 rings (SSSR count). The molecule has 0 radical (unpaired) electrons. The van der Waals surface area contributed by atoms with E-state index in [4.69, 9.17) is 5.11 Å². The fourth-order valence-corrected chi connectivity index (χ4v) is 2.14. The predicted molar refractivity (Wildman–Crippen MR) is 54.7 cm³/mol. The predicted octanol–water partition coefficient (Wildman–Crippen LogP) is 3.12. The van der Waals surface area contributed by atoms with Gasteiger partial charge in [-0.3, -0.25) is 0 Å². The van der Waals surface area contributed by atoms with Gasteiger partial charge in [-0.15, -0.1) is 0 Å². The summed E-state index contributed by atoms with van der Waals surface area (Å²) in [7, 11) is 0. The minimum atomic E-state index is -1.23. The smallest absolute Gasteiger partial charge is 0.335 e. The molecule has 0 saturated heterocycles. The quantitative estimate of drug-likeness (QED) is 0.810. The van der Waals surface area contributed by atoms with Gasteiger partial charge in [0.15, 0.2) is 0 Å². The van der Waals surface area contributed by atoms with E-state index in [1.54, 1.807) is 12.1 Å². The van der Waals surface area contributed by atoms with Gasteiger partial charge >= 0.3 is 5.97 Å². The summed E-state index contributed by atoms with van der Waals surface area (Å²) < 4.78 is 14.2. The molecule has 1 saturated carbocycles. The van der Waals surface area contributed by atoms with Crippen LogP contribution in [-0.4, -0.2) is 11.1 Å². The van der Waals surface area contributed by atoms with E-state index in [2.05, 4.69) is 0 Å². The molecule has 80 valence electrons. The van der Waals surface area contributed by atoms with Crippen LogP contribution >= 0.6 is 0 Å². The van der Waals surface area contributed by atoms with Gasteiger partial charge in [0.05, 0.1) is 5.56 Å². The molecule has 1 aromatic carbocycles. The van der Waals surface area contributed by atoms with Gasteiger partial charge in [0.25, 0.3) is 0 Å². The SMILES string of the molecule is O=C(O)c1ccc(C2(F)CCCC2)cc1. The first-order valence-corrected chi connectivity index (χ1v) is 5.15. The summed E-state index contributed by atoms with van der Waals surface area (Å²) in [5.41, 5.74) is -0.401. The van der Waals surface area contributed by atoms with Crippen molar-refractivity contribution in [3.8, 4) is 0 Å². The van der Waals surface area contributed by atoms with Crippen molar-refractivity contribution in [3.63, 3.8) is 0 Å². The van der Waals surface area contributed by atoms with E-state index in [1.807, 2.05) is 0 Å². The monoisotopic (exact) mass is 208 g/mol. The molecule has 1 fully saturated rings. The Hall–Kier alpha value is -1.38. The Morgan fingerprint density at radius 2 is 1.73 bits per heavy atom. The number of carboxylic acids is 1. The largest absolute Gasteiger partial charge is 0.478 e. The van der Waals surface area contributed by atoms with Crippen molar-refractivity contribution in [1.82, 2.24) is 0 Å². The number of hydrogen-bond donors (Lipinski definition) is 1. The molecule has 0 bridgehead atoms. The molecule has 3 heteroatoms. The van der Waals surface area contributed by atoms with E-state index in [9.17, 15) is 9.18 Å². The van der Waals surface area contributed by atoms with E-state index >= 15 is 0 Å². The highest BCUT2D eigenvalue weighted by molar-refractivity contribution is 5.87. The van der Waals surface area contributed by atoms with Crippen molar-refractivity contribution in [3.05, 3.63) is 35.4 Å². The van der Waals surface area contributed by atoms with Crippen LogP contribution in [0.5, 0.6) is 0 Å². The number of hydrogen-bond acceptors (Lipinski definition) is 1. The number of aromatic carboxylic acids is 1. The summed E-state index contributed by atoms with van der Waals surface area (Å²) >= 11 is 0. The third-order valence-electron chi connectivity index (χ3n) is 3.05. The van der Waals surface area contributed by atoms with Crippen molar-refractivity contribution in [1.29, 1.82) is 0 Å². The van der Waals surface area contributed by atoms with E-state index in [0.29, 0.717) is 18.4 Å². The Bertz CT molecular complexity index is 364. The zero-order chi connectivity index (χ0) is 10.9. The lowest BCUT2D eigenvalue weighted by Crippen LogP contribution is -2.14. The molecule has 1 aliphatic carbocycles. The number of carbonyl (C=O) groups is 1. The molecule has 15 heavy (non-hydrogen) atoms. The Balaban J connectivity index is 2.26. The van der Waals surface area contributed by atoms with Gasteiger partial charge in [-0.25, -0.2) is 9.18 Å². The Morgan fingerprint density at radius 1 is 1.20 bits per heavy atom. The third kappa shape index (κ3) is 1.87. The van der Waals surface area contributed by atoms with Crippen molar-refractivity contribution >= 4 is 5.97 Å². The van der Waals surface area contributed by atoms with Crippen LogP contribution < -0.4 is 0 Å². The summed E-state index contributed by atoms with van der Waals surface area (Å²) in [4.78, 5) is 10.6. The molecule has 0 amide bonds. The number of alkyl halides is 1. The Kier molecular flexibility index (Phi) is 2.47. The average Bonchev–Trinajstić information content (AvgIpc) is 2.67. The van der Waals surface area contributed by atoms with Crippen LogP contribution in [0, 0.1) is 0 Å². The second-order valence-electron chi connectivity index (χ2n) is 4.05. The maximum absolute atomic E-state index is 14.2. The average molecular weight is 208 g/mol. The van der Waals surface area contributed by atoms with Crippen LogP contribution in [0.4, 0.5) is 4.39 Å². The van der Waals surface area contributed by atoms with E-state index in [0.717, 1.165) is 12.8 Å². The molecule has 1 aromatic rings. The number of rotatable bonds is 2. The summed E-state index contributed by atoms with van der Waals surface area (Å²) in [5, 5.41) is 8.71. The minimum absolute atomic E-state index is 0.209. The molecule has 0 atom stereocenters. The van der Waals surface area contributed by atoms with Gasteiger partial charge < -0.3 is 5.11 Å². The first-order valence-electron chi connectivity index (χ1n) is 5.15. The molecule has 0 spiro atoms. The number of halogens is 1. The van der Waals surface area contributed by atoms with E-state index < -0.39 is 11.6 Å². The highest BCUT2D eigenvalue weighted by Gasteiger charge is 2.35. The number of benzene rings is 1. The summed E-state index contributed by atoms with van der Waals surface area (Å²) in [5.74, 6) is -0.971.